The van der Waals surface area contributed by atoms with Gasteiger partial charge in [0, 0.05) is 6.54 Å². The number of aryl methyl sites for hydroxylation is 1. The van der Waals surface area contributed by atoms with Gasteiger partial charge in [0.05, 0.1) is 5.69 Å². The number of likely N-dealkylation sites (N-methyl/N-ethyl adjacent to an activating group) is 1. The molecule has 1 aromatic carbocycles. The number of amides is 1. The van der Waals surface area contributed by atoms with Crippen LogP contribution < -0.4 is 10.2 Å². The van der Waals surface area contributed by atoms with Crippen molar-refractivity contribution in [1.29, 1.82) is 0 Å². The molecule has 4 nitrogen and oxygen atoms in total. The van der Waals surface area contributed by atoms with E-state index in [4.69, 9.17) is 4.74 Å². The normalized spacial score (nSPS) is 14.8. The van der Waals surface area contributed by atoms with Crippen LogP contribution in [0.4, 0.5) is 10.5 Å². The van der Waals surface area contributed by atoms with Crippen molar-refractivity contribution in [2.45, 2.75) is 45.6 Å². The van der Waals surface area contributed by atoms with Gasteiger partial charge in [0.1, 0.15) is 5.60 Å². The maximum absolute atomic E-state index is 12.3. The van der Waals surface area contributed by atoms with Crippen LogP contribution in [0.3, 0.4) is 0 Å². The highest BCUT2D eigenvalue weighted by atomic mass is 16.6. The van der Waals surface area contributed by atoms with Gasteiger partial charge in [-0.25, -0.2) is 4.79 Å². The molecular weight excluding hydrogens is 264 g/mol. The van der Waals surface area contributed by atoms with Crippen molar-refractivity contribution in [3.8, 4) is 0 Å². The van der Waals surface area contributed by atoms with Crippen LogP contribution in [0.25, 0.3) is 0 Å². The predicted molar refractivity (Wildman–Crippen MR) is 86.0 cm³/mol. The first kappa shape index (κ1) is 15.8. The Balaban J connectivity index is 2.17. The highest BCUT2D eigenvalue weighted by molar-refractivity contribution is 5.89. The molecular formula is C17H26N2O2. The fourth-order valence-corrected chi connectivity index (χ4v) is 2.58. The van der Waals surface area contributed by atoms with E-state index in [2.05, 4.69) is 23.5 Å². The zero-order valence-electron chi connectivity index (χ0n) is 13.5. The average Bonchev–Trinajstić information content (AvgIpc) is 2.42. The molecule has 0 aromatic heterocycles. The molecule has 0 saturated heterocycles. The molecule has 1 aliphatic rings. The Bertz CT molecular complexity index is 506. The van der Waals surface area contributed by atoms with Crippen molar-refractivity contribution in [3.63, 3.8) is 0 Å². The van der Waals surface area contributed by atoms with E-state index in [9.17, 15) is 4.79 Å². The van der Waals surface area contributed by atoms with Gasteiger partial charge >= 0.3 is 6.09 Å². The first-order valence-electron chi connectivity index (χ1n) is 7.67. The van der Waals surface area contributed by atoms with E-state index in [1.165, 1.54) is 11.1 Å². The number of benzene rings is 1. The maximum atomic E-state index is 12.3. The number of hydrogen-bond donors (Lipinski definition) is 1. The third-order valence-electron chi connectivity index (χ3n) is 3.54. The van der Waals surface area contributed by atoms with Crippen molar-refractivity contribution in [3.05, 3.63) is 29.3 Å². The van der Waals surface area contributed by atoms with Gasteiger partial charge in [0.15, 0.2) is 0 Å². The molecule has 0 bridgehead atoms. The van der Waals surface area contributed by atoms with Crippen LogP contribution in [0.1, 0.15) is 38.3 Å². The smallest absolute Gasteiger partial charge is 0.414 e. The highest BCUT2D eigenvalue weighted by Crippen LogP contribution is 2.29. The van der Waals surface area contributed by atoms with Gasteiger partial charge in [-0.15, -0.1) is 0 Å². The monoisotopic (exact) mass is 290 g/mol. The molecule has 21 heavy (non-hydrogen) atoms. The van der Waals surface area contributed by atoms with Crippen molar-refractivity contribution in [1.82, 2.24) is 5.32 Å². The van der Waals surface area contributed by atoms with Gasteiger partial charge in [0.25, 0.3) is 0 Å². The second-order valence-corrected chi connectivity index (χ2v) is 6.55. The van der Waals surface area contributed by atoms with Gasteiger partial charge < -0.3 is 10.1 Å². The van der Waals surface area contributed by atoms with E-state index >= 15 is 0 Å². The quantitative estimate of drug-likeness (QED) is 0.930. The molecule has 0 radical (unpaired) electrons. The first-order valence-corrected chi connectivity index (χ1v) is 7.67. The topological polar surface area (TPSA) is 41.6 Å². The van der Waals surface area contributed by atoms with Crippen LogP contribution in [0, 0.1) is 0 Å². The Labute approximate surface area is 127 Å². The van der Waals surface area contributed by atoms with Gasteiger partial charge in [-0.2, -0.15) is 0 Å². The van der Waals surface area contributed by atoms with Crippen molar-refractivity contribution in [2.24, 2.45) is 0 Å². The molecule has 0 unspecified atom stereocenters. The molecule has 1 aromatic rings. The van der Waals surface area contributed by atoms with Crippen molar-refractivity contribution in [2.75, 3.05) is 25.0 Å². The molecule has 1 N–H and O–H groups in total. The number of ether oxygens (including phenoxy) is 1. The van der Waals surface area contributed by atoms with Gasteiger partial charge in [-0.1, -0.05) is 12.1 Å². The summed E-state index contributed by atoms with van der Waals surface area (Å²) >= 11 is 0. The number of nitrogens with one attached hydrogen (secondary N) is 1. The lowest BCUT2D eigenvalue weighted by Crippen LogP contribution is -2.39. The third kappa shape index (κ3) is 4.21. The summed E-state index contributed by atoms with van der Waals surface area (Å²) < 4.78 is 5.51. The van der Waals surface area contributed by atoms with Crippen LogP contribution >= 0.6 is 0 Å². The fraction of sp³-hybridized carbons (Fsp3) is 0.588. The number of anilines is 1. The lowest BCUT2D eigenvalue weighted by atomic mass is 9.98. The largest absolute Gasteiger partial charge is 0.443 e. The SMILES string of the molecule is CNCCc1ccc2c(c1)CCCN2C(=O)OC(C)(C)C. The summed E-state index contributed by atoms with van der Waals surface area (Å²) in [5.41, 5.74) is 3.11. The molecule has 0 fully saturated rings. The second-order valence-electron chi connectivity index (χ2n) is 6.55. The van der Waals surface area contributed by atoms with Crippen LogP contribution in [-0.4, -0.2) is 31.8 Å². The summed E-state index contributed by atoms with van der Waals surface area (Å²) in [6.07, 6.45) is 2.78. The summed E-state index contributed by atoms with van der Waals surface area (Å²) in [5.74, 6) is 0. The van der Waals surface area contributed by atoms with Crippen LogP contribution in [0.5, 0.6) is 0 Å². The molecule has 116 valence electrons. The lowest BCUT2D eigenvalue weighted by Gasteiger charge is -2.32. The molecule has 0 saturated carbocycles. The molecule has 0 spiro atoms. The second kappa shape index (κ2) is 6.48. The number of fused-ring (bicyclic) bond motifs is 1. The molecule has 1 amide bonds. The molecule has 1 heterocycles. The van der Waals surface area contributed by atoms with Crippen molar-refractivity contribution >= 4 is 11.8 Å². The van der Waals surface area contributed by atoms with E-state index < -0.39 is 5.60 Å². The van der Waals surface area contributed by atoms with E-state index in [-0.39, 0.29) is 6.09 Å². The van der Waals surface area contributed by atoms with E-state index in [0.29, 0.717) is 0 Å². The van der Waals surface area contributed by atoms with Crippen LogP contribution in [0.2, 0.25) is 0 Å². The standard InChI is InChI=1S/C17H26N2O2/c1-17(2,3)21-16(20)19-11-5-6-14-12-13(9-10-18-4)7-8-15(14)19/h7-8,12,18H,5-6,9-11H2,1-4H3. The number of nitrogens with zero attached hydrogens (tertiary/aromatic N) is 1. The first-order chi connectivity index (χ1) is 9.90. The average molecular weight is 290 g/mol. The number of rotatable bonds is 3. The minimum absolute atomic E-state index is 0.244. The van der Waals surface area contributed by atoms with Gasteiger partial charge in [0.2, 0.25) is 0 Å². The zero-order valence-corrected chi connectivity index (χ0v) is 13.5. The third-order valence-corrected chi connectivity index (χ3v) is 3.54. The number of carbonyl (C=O) groups is 1. The Morgan fingerprint density at radius 2 is 2.14 bits per heavy atom. The summed E-state index contributed by atoms with van der Waals surface area (Å²) in [6.45, 7) is 7.40. The lowest BCUT2D eigenvalue weighted by molar-refractivity contribution is 0.0578. The molecule has 4 heteroatoms. The van der Waals surface area contributed by atoms with Crippen molar-refractivity contribution < 1.29 is 9.53 Å². The van der Waals surface area contributed by atoms with E-state index in [1.807, 2.05) is 27.8 Å². The predicted octanol–water partition coefficient (Wildman–Crippen LogP) is 3.14. The fourth-order valence-electron chi connectivity index (χ4n) is 2.58. The Hall–Kier alpha value is -1.55. The molecule has 2 rings (SSSR count). The Morgan fingerprint density at radius 3 is 2.81 bits per heavy atom. The number of hydrogen-bond acceptors (Lipinski definition) is 3. The van der Waals surface area contributed by atoms with Crippen LogP contribution in [-0.2, 0) is 17.6 Å². The highest BCUT2D eigenvalue weighted by Gasteiger charge is 2.27. The van der Waals surface area contributed by atoms with E-state index in [1.54, 1.807) is 4.90 Å². The minimum Gasteiger partial charge on any atom is -0.443 e. The maximum Gasteiger partial charge on any atom is 0.414 e. The summed E-state index contributed by atoms with van der Waals surface area (Å²) in [7, 11) is 1.96. The molecule has 0 atom stereocenters. The molecule has 1 aliphatic heterocycles. The Kier molecular flexibility index (Phi) is 4.88. The summed E-state index contributed by atoms with van der Waals surface area (Å²) in [6, 6.07) is 6.39. The molecule has 0 aliphatic carbocycles. The zero-order chi connectivity index (χ0) is 15.5. The summed E-state index contributed by atoms with van der Waals surface area (Å²) in [5, 5.41) is 3.16. The number of carbonyl (C=O) groups excluding carboxylic acids is 1. The summed E-state index contributed by atoms with van der Waals surface area (Å²) in [4.78, 5) is 14.1. The van der Waals surface area contributed by atoms with Gasteiger partial charge in [-0.05, 0) is 70.8 Å². The van der Waals surface area contributed by atoms with E-state index in [0.717, 1.165) is 38.0 Å². The van der Waals surface area contributed by atoms with Gasteiger partial charge in [-0.3, -0.25) is 4.90 Å². The van der Waals surface area contributed by atoms with Crippen LogP contribution in [0.15, 0.2) is 18.2 Å². The Morgan fingerprint density at radius 1 is 1.38 bits per heavy atom. The minimum atomic E-state index is -0.457.